The smallest absolute Gasteiger partial charge is 0.191 e. The van der Waals surface area contributed by atoms with Crippen LogP contribution in [0.2, 0.25) is 0 Å². The molecule has 2 aromatic rings. The van der Waals surface area contributed by atoms with Crippen LogP contribution in [-0.2, 0) is 6.54 Å². The number of aromatic nitrogens is 1. The second-order valence-electron chi connectivity index (χ2n) is 7.69. The van der Waals surface area contributed by atoms with Crippen molar-refractivity contribution in [2.24, 2.45) is 4.99 Å². The molecule has 5 nitrogen and oxygen atoms in total. The number of pyridine rings is 1. The van der Waals surface area contributed by atoms with Crippen LogP contribution in [0.15, 0.2) is 47.6 Å². The van der Waals surface area contributed by atoms with Crippen molar-refractivity contribution in [2.75, 3.05) is 31.6 Å². The molecule has 1 aliphatic rings. The molecule has 1 saturated heterocycles. The van der Waals surface area contributed by atoms with Crippen LogP contribution in [0.1, 0.15) is 48.8 Å². The molecule has 0 aliphatic carbocycles. The SMILES string of the molecule is CN=C(NCc1ccnc(N2CCCCC2)c1)NCC(C)c1ccc(C)cc1. The summed E-state index contributed by atoms with van der Waals surface area (Å²) in [5, 5.41) is 6.87. The van der Waals surface area contributed by atoms with Gasteiger partial charge in [-0.05, 0) is 55.4 Å². The number of hydrogen-bond acceptors (Lipinski definition) is 3. The quantitative estimate of drug-likeness (QED) is 0.591. The fraction of sp³-hybridized carbons (Fsp3) is 0.478. The lowest BCUT2D eigenvalue weighted by molar-refractivity contribution is 0.573. The number of anilines is 1. The third kappa shape index (κ3) is 5.72. The molecule has 2 N–H and O–H groups in total. The molecular weight excluding hydrogens is 346 g/mol. The Bertz CT molecular complexity index is 763. The molecule has 0 saturated carbocycles. The average molecular weight is 380 g/mol. The Morgan fingerprint density at radius 3 is 2.57 bits per heavy atom. The number of piperidine rings is 1. The monoisotopic (exact) mass is 379 g/mol. The largest absolute Gasteiger partial charge is 0.357 e. The average Bonchev–Trinajstić information content (AvgIpc) is 2.75. The Kier molecular flexibility index (Phi) is 7.29. The third-order valence-corrected chi connectivity index (χ3v) is 5.40. The number of aryl methyl sites for hydroxylation is 1. The van der Waals surface area contributed by atoms with Crippen molar-refractivity contribution in [3.8, 4) is 0 Å². The summed E-state index contributed by atoms with van der Waals surface area (Å²) in [6.07, 6.45) is 5.77. The van der Waals surface area contributed by atoms with E-state index in [0.717, 1.165) is 38.0 Å². The Labute approximate surface area is 169 Å². The van der Waals surface area contributed by atoms with Crippen molar-refractivity contribution in [3.05, 3.63) is 59.3 Å². The fourth-order valence-electron chi connectivity index (χ4n) is 3.54. The summed E-state index contributed by atoms with van der Waals surface area (Å²) in [4.78, 5) is 11.3. The molecule has 3 rings (SSSR count). The van der Waals surface area contributed by atoms with Crippen molar-refractivity contribution < 1.29 is 0 Å². The van der Waals surface area contributed by atoms with E-state index in [4.69, 9.17) is 0 Å². The Morgan fingerprint density at radius 2 is 1.86 bits per heavy atom. The number of nitrogens with zero attached hydrogens (tertiary/aromatic N) is 3. The van der Waals surface area contributed by atoms with Crippen LogP contribution in [0.5, 0.6) is 0 Å². The van der Waals surface area contributed by atoms with Gasteiger partial charge in [0.25, 0.3) is 0 Å². The second kappa shape index (κ2) is 10.1. The molecule has 28 heavy (non-hydrogen) atoms. The lowest BCUT2D eigenvalue weighted by Crippen LogP contribution is -2.38. The lowest BCUT2D eigenvalue weighted by Gasteiger charge is -2.28. The van der Waals surface area contributed by atoms with Gasteiger partial charge >= 0.3 is 0 Å². The van der Waals surface area contributed by atoms with Gasteiger partial charge in [0.2, 0.25) is 0 Å². The maximum atomic E-state index is 4.56. The zero-order valence-electron chi connectivity index (χ0n) is 17.4. The summed E-state index contributed by atoms with van der Waals surface area (Å²) in [6.45, 7) is 8.17. The number of guanidine groups is 1. The van der Waals surface area contributed by atoms with Gasteiger partial charge in [-0.15, -0.1) is 0 Å². The van der Waals surface area contributed by atoms with Gasteiger partial charge in [-0.2, -0.15) is 0 Å². The summed E-state index contributed by atoms with van der Waals surface area (Å²) in [5.41, 5.74) is 3.86. The van der Waals surface area contributed by atoms with E-state index in [-0.39, 0.29) is 0 Å². The van der Waals surface area contributed by atoms with Gasteiger partial charge in [0, 0.05) is 39.4 Å². The molecule has 5 heteroatoms. The summed E-state index contributed by atoms with van der Waals surface area (Å²) in [5.74, 6) is 2.34. The molecule has 1 unspecified atom stereocenters. The summed E-state index contributed by atoms with van der Waals surface area (Å²) in [7, 11) is 1.82. The number of aliphatic imine (C=N–C) groups is 1. The zero-order valence-corrected chi connectivity index (χ0v) is 17.4. The normalized spacial score (nSPS) is 16.0. The summed E-state index contributed by atoms with van der Waals surface area (Å²) >= 11 is 0. The van der Waals surface area contributed by atoms with E-state index < -0.39 is 0 Å². The number of benzene rings is 1. The van der Waals surface area contributed by atoms with Crippen molar-refractivity contribution in [1.82, 2.24) is 15.6 Å². The minimum atomic E-state index is 0.422. The molecule has 2 heterocycles. The van der Waals surface area contributed by atoms with Gasteiger partial charge in [0.15, 0.2) is 5.96 Å². The molecule has 0 spiro atoms. The highest BCUT2D eigenvalue weighted by Gasteiger charge is 2.12. The number of hydrogen-bond donors (Lipinski definition) is 2. The molecule has 1 atom stereocenters. The van der Waals surface area contributed by atoms with Crippen molar-refractivity contribution in [3.63, 3.8) is 0 Å². The Morgan fingerprint density at radius 1 is 1.11 bits per heavy atom. The highest BCUT2D eigenvalue weighted by atomic mass is 15.2. The molecule has 0 radical (unpaired) electrons. The second-order valence-corrected chi connectivity index (χ2v) is 7.69. The first kappa shape index (κ1) is 20.2. The molecule has 1 aromatic heterocycles. The maximum absolute atomic E-state index is 4.56. The van der Waals surface area contributed by atoms with Crippen LogP contribution in [0.25, 0.3) is 0 Å². The van der Waals surface area contributed by atoms with E-state index in [2.05, 4.69) is 75.8 Å². The van der Waals surface area contributed by atoms with E-state index in [9.17, 15) is 0 Å². The van der Waals surface area contributed by atoms with Crippen LogP contribution < -0.4 is 15.5 Å². The van der Waals surface area contributed by atoms with Crippen molar-refractivity contribution in [1.29, 1.82) is 0 Å². The van der Waals surface area contributed by atoms with Crippen molar-refractivity contribution in [2.45, 2.75) is 45.6 Å². The van der Waals surface area contributed by atoms with Gasteiger partial charge in [0.1, 0.15) is 5.82 Å². The molecule has 0 bridgehead atoms. The highest BCUT2D eigenvalue weighted by Crippen LogP contribution is 2.18. The third-order valence-electron chi connectivity index (χ3n) is 5.40. The first-order valence-corrected chi connectivity index (χ1v) is 10.4. The highest BCUT2D eigenvalue weighted by molar-refractivity contribution is 5.79. The summed E-state index contributed by atoms with van der Waals surface area (Å²) < 4.78 is 0. The molecule has 150 valence electrons. The van der Waals surface area contributed by atoms with Crippen LogP contribution in [0, 0.1) is 6.92 Å². The van der Waals surface area contributed by atoms with Crippen LogP contribution in [0.4, 0.5) is 5.82 Å². The Hall–Kier alpha value is -2.56. The van der Waals surface area contributed by atoms with Crippen LogP contribution in [-0.4, -0.2) is 37.6 Å². The van der Waals surface area contributed by atoms with E-state index in [0.29, 0.717) is 5.92 Å². The molecule has 0 amide bonds. The lowest BCUT2D eigenvalue weighted by atomic mass is 10.0. The standard InChI is InChI=1S/C23H33N5/c1-18-7-9-21(10-8-18)19(2)16-26-23(24-3)27-17-20-11-12-25-22(15-20)28-13-5-4-6-14-28/h7-12,15,19H,4-6,13-14,16-17H2,1-3H3,(H2,24,26,27). The van der Waals surface area contributed by atoms with Gasteiger partial charge < -0.3 is 15.5 Å². The molecule has 1 aromatic carbocycles. The van der Waals surface area contributed by atoms with Crippen LogP contribution >= 0.6 is 0 Å². The maximum Gasteiger partial charge on any atom is 0.191 e. The van der Waals surface area contributed by atoms with Gasteiger partial charge in [0.05, 0.1) is 0 Å². The predicted molar refractivity (Wildman–Crippen MR) is 118 cm³/mol. The molecule has 1 fully saturated rings. The minimum absolute atomic E-state index is 0.422. The number of rotatable bonds is 6. The van der Waals surface area contributed by atoms with E-state index >= 15 is 0 Å². The Balaban J connectivity index is 1.50. The first-order valence-electron chi connectivity index (χ1n) is 10.4. The fourth-order valence-corrected chi connectivity index (χ4v) is 3.54. The van der Waals surface area contributed by atoms with E-state index in [1.165, 1.54) is 36.0 Å². The van der Waals surface area contributed by atoms with E-state index in [1.54, 1.807) is 0 Å². The molecule has 1 aliphatic heterocycles. The van der Waals surface area contributed by atoms with Gasteiger partial charge in [-0.3, -0.25) is 4.99 Å². The molecular formula is C23H33N5. The van der Waals surface area contributed by atoms with E-state index in [1.807, 2.05) is 13.2 Å². The minimum Gasteiger partial charge on any atom is -0.357 e. The van der Waals surface area contributed by atoms with Crippen LogP contribution in [0.3, 0.4) is 0 Å². The first-order chi connectivity index (χ1) is 13.7. The topological polar surface area (TPSA) is 52.6 Å². The summed E-state index contributed by atoms with van der Waals surface area (Å²) in [6, 6.07) is 13.0. The van der Waals surface area contributed by atoms with Crippen molar-refractivity contribution >= 4 is 11.8 Å². The van der Waals surface area contributed by atoms with Gasteiger partial charge in [-0.1, -0.05) is 36.8 Å². The predicted octanol–water partition coefficient (Wildman–Crippen LogP) is 3.85. The van der Waals surface area contributed by atoms with Gasteiger partial charge in [-0.25, -0.2) is 4.98 Å². The zero-order chi connectivity index (χ0) is 19.8. The number of nitrogens with one attached hydrogen (secondary N) is 2.